The average molecular weight is 584 g/mol. The summed E-state index contributed by atoms with van der Waals surface area (Å²) in [6.07, 6.45) is -4.87. The highest BCUT2D eigenvalue weighted by Gasteiger charge is 2.64. The number of hydrogen-bond acceptors (Lipinski definition) is 4. The number of carbonyl (C=O) groups is 1. The van der Waals surface area contributed by atoms with E-state index in [0.29, 0.717) is 28.2 Å². The number of halogens is 6. The molecule has 2 N–H and O–H groups in total. The fraction of sp³-hybridized carbons (Fsp3) is 0.286. The molecule has 5 nitrogen and oxygen atoms in total. The number of amides is 1. The van der Waals surface area contributed by atoms with Crippen LogP contribution in [-0.4, -0.2) is 33.8 Å². The minimum Gasteiger partial charge on any atom is -0.347 e. The Kier molecular flexibility index (Phi) is 6.60. The van der Waals surface area contributed by atoms with Crippen molar-refractivity contribution in [2.75, 3.05) is 11.5 Å². The van der Waals surface area contributed by atoms with Gasteiger partial charge in [-0.25, -0.2) is 4.84 Å². The van der Waals surface area contributed by atoms with E-state index < -0.39 is 22.6 Å². The van der Waals surface area contributed by atoms with E-state index in [2.05, 4.69) is 26.7 Å². The van der Waals surface area contributed by atoms with Gasteiger partial charge in [-0.1, -0.05) is 29.3 Å². The third-order valence-corrected chi connectivity index (χ3v) is 8.31. The molecule has 0 aromatic heterocycles. The fourth-order valence-corrected chi connectivity index (χ4v) is 6.03. The Hall–Kier alpha value is -1.59. The highest BCUT2D eigenvalue weighted by molar-refractivity contribution is 9.12. The molecule has 1 saturated heterocycles. The molecule has 1 atom stereocenters. The Morgan fingerprint density at radius 2 is 1.85 bits per heavy atom. The Balaban J connectivity index is 1.71. The molecule has 0 bridgehead atoms. The lowest BCUT2D eigenvalue weighted by atomic mass is 9.91. The van der Waals surface area contributed by atoms with Crippen LogP contribution in [0.1, 0.15) is 27.0 Å². The van der Waals surface area contributed by atoms with Crippen LogP contribution in [0.4, 0.5) is 13.2 Å². The van der Waals surface area contributed by atoms with E-state index in [0.717, 1.165) is 12.1 Å². The molecule has 0 spiro atoms. The third-order valence-electron chi connectivity index (χ3n) is 5.37. The van der Waals surface area contributed by atoms with Gasteiger partial charge < -0.3 is 5.32 Å². The van der Waals surface area contributed by atoms with E-state index in [-0.39, 0.29) is 37.7 Å². The van der Waals surface area contributed by atoms with E-state index in [9.17, 15) is 22.2 Å². The van der Waals surface area contributed by atoms with Gasteiger partial charge in [0.05, 0.1) is 16.2 Å². The molecule has 0 aliphatic carbocycles. The van der Waals surface area contributed by atoms with Crippen molar-refractivity contribution in [2.24, 2.45) is 0 Å². The molecule has 2 aliphatic heterocycles. The summed E-state index contributed by atoms with van der Waals surface area (Å²) in [6.45, 7) is 1.68. The van der Waals surface area contributed by atoms with Crippen LogP contribution < -0.4 is 10.8 Å². The van der Waals surface area contributed by atoms with E-state index in [1.54, 1.807) is 13.0 Å². The van der Waals surface area contributed by atoms with E-state index >= 15 is 0 Å². The SMILES string of the molecule is Cc1cc(C2=C(Br)C(c3cc(Cl)cc(Cl)c3)(C(F)(F)F)ON2)ccc1C(=O)NC1CS(=O)C1. The maximum Gasteiger partial charge on any atom is 0.429 e. The highest BCUT2D eigenvalue weighted by atomic mass is 79.9. The normalized spacial score (nSPS) is 24.9. The molecule has 0 saturated carbocycles. The van der Waals surface area contributed by atoms with E-state index in [1.807, 2.05) is 0 Å². The number of rotatable bonds is 4. The minimum absolute atomic E-state index is 0.0278. The Bertz CT molecular complexity index is 1180. The van der Waals surface area contributed by atoms with Crippen LogP contribution in [0.5, 0.6) is 0 Å². The second-order valence-corrected chi connectivity index (χ2v) is 10.9. The molecule has 4 rings (SSSR count). The van der Waals surface area contributed by atoms with Crippen molar-refractivity contribution in [3.8, 4) is 0 Å². The van der Waals surface area contributed by atoms with Gasteiger partial charge in [-0.2, -0.15) is 13.2 Å². The molecule has 0 radical (unpaired) electrons. The van der Waals surface area contributed by atoms with Gasteiger partial charge in [0.25, 0.3) is 5.91 Å². The van der Waals surface area contributed by atoms with Gasteiger partial charge in [0.1, 0.15) is 0 Å². The van der Waals surface area contributed by atoms with Crippen LogP contribution in [-0.2, 0) is 21.2 Å². The van der Waals surface area contributed by atoms with Gasteiger partial charge >= 0.3 is 6.18 Å². The zero-order chi connectivity index (χ0) is 24.1. The van der Waals surface area contributed by atoms with Crippen molar-refractivity contribution < 1.29 is 27.0 Å². The summed E-state index contributed by atoms with van der Waals surface area (Å²) in [6, 6.07) is 8.08. The van der Waals surface area contributed by atoms with Gasteiger partial charge in [0.2, 0.25) is 5.60 Å². The molecule has 176 valence electrons. The first kappa shape index (κ1) is 24.5. The van der Waals surface area contributed by atoms with Gasteiger partial charge in [-0.05, 0) is 58.7 Å². The van der Waals surface area contributed by atoms with Crippen LogP contribution >= 0.6 is 39.1 Å². The van der Waals surface area contributed by atoms with Crippen molar-refractivity contribution >= 4 is 61.5 Å². The Labute approximate surface area is 208 Å². The quantitative estimate of drug-likeness (QED) is 0.518. The summed E-state index contributed by atoms with van der Waals surface area (Å²) in [7, 11) is -0.900. The largest absolute Gasteiger partial charge is 0.429 e. The predicted molar refractivity (Wildman–Crippen MR) is 125 cm³/mol. The average Bonchev–Trinajstić information content (AvgIpc) is 3.04. The molecule has 1 amide bonds. The highest BCUT2D eigenvalue weighted by Crippen LogP contribution is 2.54. The fourth-order valence-electron chi connectivity index (χ4n) is 3.69. The molecule has 2 aromatic carbocycles. The van der Waals surface area contributed by atoms with Gasteiger partial charge in [-0.3, -0.25) is 14.5 Å². The van der Waals surface area contributed by atoms with Crippen molar-refractivity contribution in [3.63, 3.8) is 0 Å². The predicted octanol–water partition coefficient (Wildman–Crippen LogP) is 5.22. The van der Waals surface area contributed by atoms with Crippen molar-refractivity contribution in [1.82, 2.24) is 10.8 Å². The van der Waals surface area contributed by atoms with Crippen LogP contribution in [0.3, 0.4) is 0 Å². The summed E-state index contributed by atoms with van der Waals surface area (Å²) >= 11 is 15.0. The Morgan fingerprint density at radius 1 is 1.21 bits per heavy atom. The van der Waals surface area contributed by atoms with Crippen molar-refractivity contribution in [1.29, 1.82) is 0 Å². The van der Waals surface area contributed by atoms with E-state index in [4.69, 9.17) is 28.0 Å². The second kappa shape index (κ2) is 8.88. The standard InChI is InChI=1S/C21H16BrCl2F3N2O3S/c1-10-4-11(2-3-16(10)19(30)28-15-8-33(31)9-15)17-18(22)20(32-29-17,21(25,26)27)12-5-13(23)7-14(24)6-12/h2-7,15,29H,8-9H2,1H3,(H,28,30). The summed E-state index contributed by atoms with van der Waals surface area (Å²) in [5.74, 6) is 0.496. The summed E-state index contributed by atoms with van der Waals surface area (Å²) in [5.41, 5.74) is 0.554. The molecule has 1 fully saturated rings. The molecule has 12 heteroatoms. The zero-order valence-corrected chi connectivity index (χ0v) is 20.8. The first-order valence-electron chi connectivity index (χ1n) is 9.57. The van der Waals surface area contributed by atoms with Gasteiger partial charge in [0, 0.05) is 49.0 Å². The molecular weight excluding hydrogens is 568 g/mol. The first-order chi connectivity index (χ1) is 15.4. The molecule has 2 heterocycles. The third kappa shape index (κ3) is 4.43. The molecular formula is C21H16BrCl2F3N2O3S. The lowest BCUT2D eigenvalue weighted by Crippen LogP contribution is -2.50. The van der Waals surface area contributed by atoms with Crippen LogP contribution in [0, 0.1) is 6.92 Å². The first-order valence-corrected chi connectivity index (χ1v) is 12.6. The lowest BCUT2D eigenvalue weighted by molar-refractivity contribution is -0.270. The minimum atomic E-state index is -4.87. The maximum absolute atomic E-state index is 14.4. The Morgan fingerprint density at radius 3 is 2.39 bits per heavy atom. The van der Waals surface area contributed by atoms with Crippen molar-refractivity contribution in [3.05, 3.63) is 73.2 Å². The topological polar surface area (TPSA) is 67.4 Å². The van der Waals surface area contributed by atoms with Crippen molar-refractivity contribution in [2.45, 2.75) is 24.7 Å². The second-order valence-electron chi connectivity index (χ2n) is 7.70. The number of nitrogens with one attached hydrogen (secondary N) is 2. The number of carbonyl (C=O) groups excluding carboxylic acids is 1. The number of hydrogen-bond donors (Lipinski definition) is 2. The van der Waals surface area contributed by atoms with Gasteiger partial charge in [-0.15, -0.1) is 0 Å². The molecule has 1 unspecified atom stereocenters. The number of hydroxylamine groups is 1. The smallest absolute Gasteiger partial charge is 0.347 e. The zero-order valence-electron chi connectivity index (χ0n) is 16.9. The van der Waals surface area contributed by atoms with Crippen LogP contribution in [0.2, 0.25) is 10.0 Å². The molecule has 2 aromatic rings. The number of aryl methyl sites for hydroxylation is 1. The molecule has 2 aliphatic rings. The van der Waals surface area contributed by atoms with Crippen LogP contribution in [0.15, 0.2) is 40.9 Å². The summed E-state index contributed by atoms with van der Waals surface area (Å²) < 4.78 is 54.0. The lowest BCUT2D eigenvalue weighted by Gasteiger charge is -2.30. The van der Waals surface area contributed by atoms with Crippen LogP contribution in [0.25, 0.3) is 5.70 Å². The number of alkyl halides is 3. The number of benzene rings is 2. The summed E-state index contributed by atoms with van der Waals surface area (Å²) in [4.78, 5) is 17.7. The van der Waals surface area contributed by atoms with E-state index in [1.165, 1.54) is 18.2 Å². The van der Waals surface area contributed by atoms with Gasteiger partial charge in [0.15, 0.2) is 0 Å². The molecule has 33 heavy (non-hydrogen) atoms. The maximum atomic E-state index is 14.4. The summed E-state index contributed by atoms with van der Waals surface area (Å²) in [5, 5.41) is 2.85. The monoisotopic (exact) mass is 582 g/mol.